The van der Waals surface area contributed by atoms with Crippen LogP contribution in [0.15, 0.2) is 24.3 Å². The highest BCUT2D eigenvalue weighted by Gasteiger charge is 2.40. The molecule has 0 amide bonds. The van der Waals surface area contributed by atoms with E-state index in [0.717, 1.165) is 11.3 Å². The molecule has 0 unspecified atom stereocenters. The van der Waals surface area contributed by atoms with Gasteiger partial charge in [-0.1, -0.05) is 12.1 Å². The van der Waals surface area contributed by atoms with E-state index in [1.54, 1.807) is 25.3 Å². The van der Waals surface area contributed by atoms with Gasteiger partial charge in [-0.3, -0.25) is 0 Å². The average molecular weight is 298 g/mol. The maximum absolute atomic E-state index is 12.6. The molecule has 1 aliphatic heterocycles. The Morgan fingerprint density at radius 3 is 2.55 bits per heavy atom. The van der Waals surface area contributed by atoms with E-state index < -0.39 is 14.8 Å². The van der Waals surface area contributed by atoms with Crippen molar-refractivity contribution in [3.63, 3.8) is 0 Å². The van der Waals surface area contributed by atoms with Crippen LogP contribution in [0.3, 0.4) is 0 Å². The van der Waals surface area contributed by atoms with Gasteiger partial charge in [0.2, 0.25) is 10.0 Å². The molecule has 0 aromatic heterocycles. The number of ether oxygens (including phenoxy) is 1. The fraction of sp³-hybridized carbons (Fsp3) is 0.571. The molecule has 1 fully saturated rings. The van der Waals surface area contributed by atoms with Gasteiger partial charge >= 0.3 is 0 Å². The molecule has 0 spiro atoms. The molecule has 1 aliphatic rings. The SMILES string of the molecule is COc1ccc(CN2CCNCC(C)(C)S2(=O)=O)cc1. The van der Waals surface area contributed by atoms with E-state index in [1.807, 2.05) is 24.3 Å². The standard InChI is InChI=1S/C14H22N2O3S/c1-14(2)11-15-8-9-16(20(14,17)18)10-12-4-6-13(19-3)7-5-12/h4-7,15H,8-11H2,1-3H3. The quantitative estimate of drug-likeness (QED) is 0.911. The van der Waals surface area contributed by atoms with Crippen molar-refractivity contribution < 1.29 is 13.2 Å². The molecule has 1 aromatic carbocycles. The Morgan fingerprint density at radius 1 is 1.30 bits per heavy atom. The van der Waals surface area contributed by atoms with Crippen LogP contribution in [0.2, 0.25) is 0 Å². The number of methoxy groups -OCH3 is 1. The van der Waals surface area contributed by atoms with Crippen LogP contribution in [0.25, 0.3) is 0 Å². The lowest BCUT2D eigenvalue weighted by Gasteiger charge is -2.29. The molecule has 112 valence electrons. The molecular weight excluding hydrogens is 276 g/mol. The van der Waals surface area contributed by atoms with Gasteiger partial charge in [0.15, 0.2) is 0 Å². The fourth-order valence-electron chi connectivity index (χ4n) is 2.25. The number of sulfonamides is 1. The maximum Gasteiger partial charge on any atom is 0.220 e. The number of hydrogen-bond acceptors (Lipinski definition) is 4. The second-order valence-electron chi connectivity index (χ2n) is 5.62. The van der Waals surface area contributed by atoms with Crippen LogP contribution in [0.4, 0.5) is 0 Å². The average Bonchev–Trinajstić information content (AvgIpc) is 2.50. The maximum atomic E-state index is 12.6. The third kappa shape index (κ3) is 2.97. The molecule has 1 N–H and O–H groups in total. The smallest absolute Gasteiger partial charge is 0.220 e. The normalized spacial score (nSPS) is 22.1. The van der Waals surface area contributed by atoms with Crippen LogP contribution in [-0.2, 0) is 16.6 Å². The minimum atomic E-state index is -3.31. The van der Waals surface area contributed by atoms with Crippen molar-refractivity contribution in [2.75, 3.05) is 26.7 Å². The van der Waals surface area contributed by atoms with Crippen LogP contribution in [0.1, 0.15) is 19.4 Å². The summed E-state index contributed by atoms with van der Waals surface area (Å²) in [4.78, 5) is 0. The molecule has 0 aliphatic carbocycles. The van der Waals surface area contributed by atoms with Crippen molar-refractivity contribution in [1.82, 2.24) is 9.62 Å². The molecule has 1 heterocycles. The minimum Gasteiger partial charge on any atom is -0.497 e. The van der Waals surface area contributed by atoms with Gasteiger partial charge < -0.3 is 10.1 Å². The summed E-state index contributed by atoms with van der Waals surface area (Å²) in [6.07, 6.45) is 0. The van der Waals surface area contributed by atoms with Crippen LogP contribution in [-0.4, -0.2) is 44.2 Å². The van der Waals surface area contributed by atoms with Crippen molar-refractivity contribution in [3.05, 3.63) is 29.8 Å². The third-order valence-electron chi connectivity index (χ3n) is 3.64. The Hall–Kier alpha value is -1.11. The van der Waals surface area contributed by atoms with Gasteiger partial charge in [0, 0.05) is 26.2 Å². The highest BCUT2D eigenvalue weighted by molar-refractivity contribution is 7.90. The lowest BCUT2D eigenvalue weighted by molar-refractivity contribution is 0.404. The van der Waals surface area contributed by atoms with Gasteiger partial charge in [-0.25, -0.2) is 8.42 Å². The van der Waals surface area contributed by atoms with E-state index >= 15 is 0 Å². The van der Waals surface area contributed by atoms with E-state index in [0.29, 0.717) is 26.2 Å². The Morgan fingerprint density at radius 2 is 1.95 bits per heavy atom. The monoisotopic (exact) mass is 298 g/mol. The number of rotatable bonds is 3. The second-order valence-corrected chi connectivity index (χ2v) is 8.19. The Kier molecular flexibility index (Phi) is 4.36. The van der Waals surface area contributed by atoms with Gasteiger partial charge in [0.05, 0.1) is 11.9 Å². The van der Waals surface area contributed by atoms with Crippen LogP contribution >= 0.6 is 0 Å². The number of nitrogens with one attached hydrogen (secondary N) is 1. The Bertz CT molecular complexity index is 552. The fourth-order valence-corrected chi connectivity index (χ4v) is 3.89. The van der Waals surface area contributed by atoms with Gasteiger partial charge in [0.1, 0.15) is 5.75 Å². The predicted octanol–water partition coefficient (Wildman–Crippen LogP) is 1.21. The van der Waals surface area contributed by atoms with E-state index in [-0.39, 0.29) is 0 Å². The third-order valence-corrected chi connectivity index (χ3v) is 6.18. The number of hydrogen-bond donors (Lipinski definition) is 1. The highest BCUT2D eigenvalue weighted by atomic mass is 32.2. The summed E-state index contributed by atoms with van der Waals surface area (Å²) in [5.41, 5.74) is 0.965. The van der Waals surface area contributed by atoms with Gasteiger partial charge in [-0.05, 0) is 31.5 Å². The summed E-state index contributed by atoms with van der Waals surface area (Å²) in [5, 5.41) is 3.19. The summed E-state index contributed by atoms with van der Waals surface area (Å²) >= 11 is 0. The van der Waals surface area contributed by atoms with Gasteiger partial charge in [-0.15, -0.1) is 0 Å². The van der Waals surface area contributed by atoms with Gasteiger partial charge in [-0.2, -0.15) is 4.31 Å². The number of benzene rings is 1. The molecule has 0 radical (unpaired) electrons. The molecule has 0 saturated carbocycles. The summed E-state index contributed by atoms with van der Waals surface area (Å²) in [6, 6.07) is 7.51. The first-order chi connectivity index (χ1) is 9.37. The van der Waals surface area contributed by atoms with E-state index in [2.05, 4.69) is 5.32 Å². The summed E-state index contributed by atoms with van der Waals surface area (Å²) in [5.74, 6) is 0.773. The zero-order valence-corrected chi connectivity index (χ0v) is 13.0. The first-order valence-corrected chi connectivity index (χ1v) is 8.14. The van der Waals surface area contributed by atoms with Crippen molar-refractivity contribution in [2.24, 2.45) is 0 Å². The molecule has 20 heavy (non-hydrogen) atoms. The molecule has 6 heteroatoms. The van der Waals surface area contributed by atoms with Crippen molar-refractivity contribution in [3.8, 4) is 5.75 Å². The zero-order valence-electron chi connectivity index (χ0n) is 12.2. The van der Waals surface area contributed by atoms with Crippen LogP contribution in [0, 0.1) is 0 Å². The topological polar surface area (TPSA) is 58.6 Å². The predicted molar refractivity (Wildman–Crippen MR) is 79.3 cm³/mol. The van der Waals surface area contributed by atoms with E-state index in [9.17, 15) is 8.42 Å². The summed E-state index contributed by atoms with van der Waals surface area (Å²) in [7, 11) is -1.70. The lowest BCUT2D eigenvalue weighted by atomic mass is 10.2. The molecule has 5 nitrogen and oxygen atoms in total. The molecular formula is C14H22N2O3S. The van der Waals surface area contributed by atoms with Crippen molar-refractivity contribution >= 4 is 10.0 Å². The van der Waals surface area contributed by atoms with E-state index in [4.69, 9.17) is 4.74 Å². The molecule has 1 saturated heterocycles. The second kappa shape index (κ2) is 5.71. The van der Waals surface area contributed by atoms with Gasteiger partial charge in [0.25, 0.3) is 0 Å². The Balaban J connectivity index is 2.21. The van der Waals surface area contributed by atoms with Crippen LogP contribution in [0.5, 0.6) is 5.75 Å². The Labute approximate surface area is 121 Å². The molecule has 1 aromatic rings. The van der Waals surface area contributed by atoms with E-state index in [1.165, 1.54) is 0 Å². The molecule has 0 atom stereocenters. The largest absolute Gasteiger partial charge is 0.497 e. The summed E-state index contributed by atoms with van der Waals surface area (Å²) in [6.45, 7) is 5.59. The minimum absolute atomic E-state index is 0.400. The van der Waals surface area contributed by atoms with Crippen molar-refractivity contribution in [2.45, 2.75) is 25.1 Å². The van der Waals surface area contributed by atoms with Crippen molar-refractivity contribution in [1.29, 1.82) is 0 Å². The first-order valence-electron chi connectivity index (χ1n) is 6.70. The summed E-state index contributed by atoms with van der Waals surface area (Å²) < 4.78 is 31.2. The van der Waals surface area contributed by atoms with Crippen LogP contribution < -0.4 is 10.1 Å². The molecule has 2 rings (SSSR count). The highest BCUT2D eigenvalue weighted by Crippen LogP contribution is 2.24. The molecule has 0 bridgehead atoms. The number of nitrogens with zero attached hydrogens (tertiary/aromatic N) is 1. The zero-order chi connectivity index (χ0) is 14.8. The lowest BCUT2D eigenvalue weighted by Crippen LogP contribution is -2.45. The first kappa shape index (κ1) is 15.3.